The minimum Gasteiger partial charge on any atom is -0.396 e. The van der Waals surface area contributed by atoms with E-state index in [1.54, 1.807) is 12.1 Å². The average Bonchev–Trinajstić information content (AvgIpc) is 2.83. The maximum atomic E-state index is 13.5. The third kappa shape index (κ3) is 3.16. The molecule has 0 radical (unpaired) electrons. The molecular weight excluding hydrogens is 291 g/mol. The lowest BCUT2D eigenvalue weighted by molar-refractivity contribution is 0.441. The lowest BCUT2D eigenvalue weighted by atomic mass is 10.0. The summed E-state index contributed by atoms with van der Waals surface area (Å²) >= 11 is 0. The quantitative estimate of drug-likeness (QED) is 0.945. The average molecular weight is 312 g/mol. The number of rotatable bonds is 3. The van der Waals surface area contributed by atoms with Crippen LogP contribution in [-0.4, -0.2) is 17.7 Å². The van der Waals surface area contributed by atoms with Gasteiger partial charge in [0.1, 0.15) is 23.4 Å². The van der Waals surface area contributed by atoms with E-state index in [1.165, 1.54) is 18.6 Å². The van der Waals surface area contributed by atoms with Gasteiger partial charge in [-0.3, -0.25) is 0 Å². The summed E-state index contributed by atoms with van der Waals surface area (Å²) in [6.07, 6.45) is 2.33. The Kier molecular flexibility index (Phi) is 4.24. The second-order valence-electron chi connectivity index (χ2n) is 6.33. The molecule has 5 heteroatoms. The van der Waals surface area contributed by atoms with Gasteiger partial charge in [0, 0.05) is 13.1 Å². The van der Waals surface area contributed by atoms with Crippen LogP contribution in [0.3, 0.4) is 0 Å². The fourth-order valence-corrected chi connectivity index (χ4v) is 3.37. The van der Waals surface area contributed by atoms with Crippen LogP contribution in [0.5, 0.6) is 0 Å². The Balaban J connectivity index is 1.99. The number of nitrogens with zero attached hydrogens (tertiary/aromatic N) is 3. The molecule has 1 atom stereocenters. The molecule has 1 fully saturated rings. The van der Waals surface area contributed by atoms with Crippen LogP contribution in [0.1, 0.15) is 31.0 Å². The van der Waals surface area contributed by atoms with Crippen molar-refractivity contribution in [1.29, 1.82) is 5.26 Å². The first-order valence-corrected chi connectivity index (χ1v) is 7.97. The van der Waals surface area contributed by atoms with Gasteiger partial charge in [-0.05, 0) is 42.5 Å². The number of hydrogen-bond donors (Lipinski definition) is 1. The zero-order chi connectivity index (χ0) is 16.4. The zero-order valence-electron chi connectivity index (χ0n) is 13.3. The minimum atomic E-state index is -0.269. The molecule has 1 aliphatic heterocycles. The Morgan fingerprint density at radius 2 is 2.22 bits per heavy atom. The number of nitrogen functional groups attached to an aromatic ring is 1. The molecule has 3 rings (SSSR count). The Bertz CT molecular complexity index is 744. The number of halogens is 1. The van der Waals surface area contributed by atoms with Gasteiger partial charge in [-0.15, -0.1) is 0 Å². The summed E-state index contributed by atoms with van der Waals surface area (Å²) in [5, 5.41) is 9.42. The molecule has 2 aromatic rings. The van der Waals surface area contributed by atoms with Gasteiger partial charge in [-0.1, -0.05) is 19.1 Å². The standard InChI is InChI=1S/C18H21FN4/c1-13-4-3-7-22(11-13)18-17(21)9-16(10-20)23(18)12-14-5-2-6-15(19)8-14/h2,5-6,8-9,13H,3-4,7,11-12,21H2,1H3/t13-/m1/s1. The highest BCUT2D eigenvalue weighted by Gasteiger charge is 2.23. The largest absolute Gasteiger partial charge is 0.396 e. The van der Waals surface area contributed by atoms with Gasteiger partial charge < -0.3 is 15.2 Å². The molecule has 120 valence electrons. The minimum absolute atomic E-state index is 0.269. The van der Waals surface area contributed by atoms with E-state index in [2.05, 4.69) is 17.9 Å². The molecule has 0 aliphatic carbocycles. The van der Waals surface area contributed by atoms with E-state index in [0.29, 0.717) is 23.8 Å². The molecule has 0 spiro atoms. The molecular formula is C18H21FN4. The van der Waals surface area contributed by atoms with E-state index in [-0.39, 0.29) is 5.82 Å². The maximum absolute atomic E-state index is 13.5. The Morgan fingerprint density at radius 3 is 2.91 bits per heavy atom. The topological polar surface area (TPSA) is 58.0 Å². The summed E-state index contributed by atoms with van der Waals surface area (Å²) < 4.78 is 15.4. The SMILES string of the molecule is C[C@@H]1CCCN(c2c(N)cc(C#N)n2Cc2cccc(F)c2)C1. The van der Waals surface area contributed by atoms with Gasteiger partial charge in [-0.25, -0.2) is 4.39 Å². The highest BCUT2D eigenvalue weighted by Crippen LogP contribution is 2.32. The molecule has 0 amide bonds. The zero-order valence-corrected chi connectivity index (χ0v) is 13.3. The molecule has 2 N–H and O–H groups in total. The first kappa shape index (κ1) is 15.4. The summed E-state index contributed by atoms with van der Waals surface area (Å²) in [6.45, 7) is 4.54. The molecule has 4 nitrogen and oxygen atoms in total. The number of nitrogens with two attached hydrogens (primary N) is 1. The van der Waals surface area contributed by atoms with Crippen molar-refractivity contribution in [2.75, 3.05) is 23.7 Å². The number of aromatic nitrogens is 1. The number of anilines is 2. The van der Waals surface area contributed by atoms with E-state index in [1.807, 2.05) is 10.6 Å². The summed E-state index contributed by atoms with van der Waals surface area (Å²) in [5.41, 5.74) is 8.14. The van der Waals surface area contributed by atoms with Crippen LogP contribution in [0.4, 0.5) is 15.9 Å². The van der Waals surface area contributed by atoms with Crippen molar-refractivity contribution in [3.63, 3.8) is 0 Å². The predicted octanol–water partition coefficient (Wildman–Crippen LogP) is 3.37. The number of benzene rings is 1. The van der Waals surface area contributed by atoms with Crippen LogP contribution in [0, 0.1) is 23.1 Å². The predicted molar refractivity (Wildman–Crippen MR) is 89.7 cm³/mol. The van der Waals surface area contributed by atoms with E-state index in [4.69, 9.17) is 5.73 Å². The first-order valence-electron chi connectivity index (χ1n) is 7.97. The molecule has 1 aliphatic rings. The maximum Gasteiger partial charge on any atom is 0.133 e. The normalized spacial score (nSPS) is 18.0. The van der Waals surface area contributed by atoms with Gasteiger partial charge in [-0.2, -0.15) is 5.26 Å². The second-order valence-corrected chi connectivity index (χ2v) is 6.33. The highest BCUT2D eigenvalue weighted by molar-refractivity contribution is 5.68. The van der Waals surface area contributed by atoms with Crippen LogP contribution in [-0.2, 0) is 6.54 Å². The highest BCUT2D eigenvalue weighted by atomic mass is 19.1. The molecule has 0 bridgehead atoms. The molecule has 1 aromatic heterocycles. The van der Waals surface area contributed by atoms with Gasteiger partial charge >= 0.3 is 0 Å². The van der Waals surface area contributed by atoms with Crippen LogP contribution in [0.15, 0.2) is 30.3 Å². The van der Waals surface area contributed by atoms with Gasteiger partial charge in [0.2, 0.25) is 0 Å². The summed E-state index contributed by atoms with van der Waals surface area (Å²) in [6, 6.07) is 10.4. The van der Waals surface area contributed by atoms with Crippen molar-refractivity contribution >= 4 is 11.5 Å². The van der Waals surface area contributed by atoms with E-state index in [0.717, 1.165) is 30.9 Å². The lowest BCUT2D eigenvalue weighted by Gasteiger charge is -2.34. The Morgan fingerprint density at radius 1 is 1.39 bits per heavy atom. The van der Waals surface area contributed by atoms with Gasteiger partial charge in [0.25, 0.3) is 0 Å². The third-order valence-electron chi connectivity index (χ3n) is 4.40. The van der Waals surface area contributed by atoms with Crippen molar-refractivity contribution in [3.8, 4) is 6.07 Å². The van der Waals surface area contributed by atoms with Crippen molar-refractivity contribution in [3.05, 3.63) is 47.4 Å². The van der Waals surface area contributed by atoms with E-state index >= 15 is 0 Å². The fraction of sp³-hybridized carbons (Fsp3) is 0.389. The monoisotopic (exact) mass is 312 g/mol. The molecule has 23 heavy (non-hydrogen) atoms. The third-order valence-corrected chi connectivity index (χ3v) is 4.40. The molecule has 1 saturated heterocycles. The molecule has 0 saturated carbocycles. The molecule has 2 heterocycles. The lowest BCUT2D eigenvalue weighted by Crippen LogP contribution is -2.36. The first-order chi connectivity index (χ1) is 11.1. The number of nitriles is 1. The smallest absolute Gasteiger partial charge is 0.133 e. The Hall–Kier alpha value is -2.48. The van der Waals surface area contributed by atoms with Crippen molar-refractivity contribution in [1.82, 2.24) is 4.57 Å². The molecule has 1 aromatic carbocycles. The van der Waals surface area contributed by atoms with Crippen LogP contribution >= 0.6 is 0 Å². The van der Waals surface area contributed by atoms with E-state index < -0.39 is 0 Å². The number of hydrogen-bond acceptors (Lipinski definition) is 3. The summed E-state index contributed by atoms with van der Waals surface area (Å²) in [4.78, 5) is 2.25. The Labute approximate surface area is 135 Å². The van der Waals surface area contributed by atoms with Crippen molar-refractivity contribution in [2.45, 2.75) is 26.3 Å². The summed E-state index contributed by atoms with van der Waals surface area (Å²) in [7, 11) is 0. The second kappa shape index (κ2) is 6.33. The van der Waals surface area contributed by atoms with Crippen LogP contribution < -0.4 is 10.6 Å². The van der Waals surface area contributed by atoms with Crippen LogP contribution in [0.2, 0.25) is 0 Å². The van der Waals surface area contributed by atoms with Crippen LogP contribution in [0.25, 0.3) is 0 Å². The number of piperidine rings is 1. The summed E-state index contributed by atoms with van der Waals surface area (Å²) in [5.74, 6) is 1.22. The van der Waals surface area contributed by atoms with Gasteiger partial charge in [0.05, 0.1) is 12.2 Å². The van der Waals surface area contributed by atoms with Crippen molar-refractivity contribution < 1.29 is 4.39 Å². The fourth-order valence-electron chi connectivity index (χ4n) is 3.37. The van der Waals surface area contributed by atoms with Crippen molar-refractivity contribution in [2.24, 2.45) is 5.92 Å². The molecule has 0 unspecified atom stereocenters. The van der Waals surface area contributed by atoms with E-state index in [9.17, 15) is 9.65 Å². The van der Waals surface area contributed by atoms with Gasteiger partial charge in [0.15, 0.2) is 0 Å².